The molecule has 0 bridgehead atoms. The number of likely N-dealkylation sites (N-methyl/N-ethyl adjacent to an activating group) is 1. The summed E-state index contributed by atoms with van der Waals surface area (Å²) in [6.45, 7) is 4.05. The lowest BCUT2D eigenvalue weighted by Gasteiger charge is -2.18. The van der Waals surface area contributed by atoms with Gasteiger partial charge in [0, 0.05) is 12.7 Å². The van der Waals surface area contributed by atoms with Gasteiger partial charge in [0.2, 0.25) is 11.8 Å². The molecule has 3 amide bonds. The molecule has 146 valence electrons. The highest BCUT2D eigenvalue weighted by Gasteiger charge is 2.15. The van der Waals surface area contributed by atoms with Gasteiger partial charge < -0.3 is 20.0 Å². The van der Waals surface area contributed by atoms with Crippen LogP contribution in [0.3, 0.4) is 0 Å². The quantitative estimate of drug-likeness (QED) is 0.661. The van der Waals surface area contributed by atoms with E-state index in [4.69, 9.17) is 4.42 Å². The molecule has 8 heteroatoms. The summed E-state index contributed by atoms with van der Waals surface area (Å²) in [5.74, 6) is 0.272. The fourth-order valence-corrected chi connectivity index (χ4v) is 3.21. The van der Waals surface area contributed by atoms with Gasteiger partial charge in [0.15, 0.2) is 0 Å². The zero-order valence-electron chi connectivity index (χ0n) is 16.0. The average molecular weight is 398 g/mol. The van der Waals surface area contributed by atoms with Crippen molar-refractivity contribution in [2.24, 2.45) is 0 Å². The van der Waals surface area contributed by atoms with Crippen LogP contribution in [0.15, 0.2) is 46.4 Å². The lowest BCUT2D eigenvalue weighted by Crippen LogP contribution is -2.41. The third-order valence-corrected chi connectivity index (χ3v) is 4.96. The summed E-state index contributed by atoms with van der Waals surface area (Å²) in [5, 5.41) is 7.52. The van der Waals surface area contributed by atoms with Gasteiger partial charge in [-0.25, -0.2) is 9.78 Å². The van der Waals surface area contributed by atoms with Crippen LogP contribution < -0.4 is 10.6 Å². The maximum absolute atomic E-state index is 12.2. The Morgan fingerprint density at radius 1 is 1.25 bits per heavy atom. The first-order valence-electron chi connectivity index (χ1n) is 8.76. The number of hydrogen-bond donors (Lipinski definition) is 2. The van der Waals surface area contributed by atoms with E-state index < -0.39 is 0 Å². The fourth-order valence-electron chi connectivity index (χ4n) is 2.55. The van der Waals surface area contributed by atoms with Gasteiger partial charge in [-0.3, -0.25) is 4.79 Å². The standard InChI is InChI=1S/C20H22N4O3S/c1-13-6-7-14(2)16(9-13)23-18(25)11-24(3)20(26)21-10-15-12-27-19(22-15)17-5-4-8-28-17/h4-9,12H,10-11H2,1-3H3,(H,21,26)(H,23,25). The van der Waals surface area contributed by atoms with Gasteiger partial charge >= 0.3 is 6.03 Å². The number of nitrogens with zero attached hydrogens (tertiary/aromatic N) is 2. The molecule has 0 radical (unpaired) electrons. The minimum absolute atomic E-state index is 0.0571. The first-order chi connectivity index (χ1) is 13.4. The highest BCUT2D eigenvalue weighted by atomic mass is 32.1. The molecule has 0 aliphatic rings. The van der Waals surface area contributed by atoms with Crippen LogP contribution in [0.25, 0.3) is 10.8 Å². The third-order valence-electron chi connectivity index (χ3n) is 4.10. The van der Waals surface area contributed by atoms with E-state index in [1.54, 1.807) is 7.05 Å². The highest BCUT2D eigenvalue weighted by molar-refractivity contribution is 7.13. The fraction of sp³-hybridized carbons (Fsp3) is 0.250. The van der Waals surface area contributed by atoms with E-state index in [9.17, 15) is 9.59 Å². The molecule has 0 unspecified atom stereocenters. The Balaban J connectivity index is 1.49. The lowest BCUT2D eigenvalue weighted by molar-refractivity contribution is -0.116. The summed E-state index contributed by atoms with van der Waals surface area (Å²) in [6, 6.07) is 9.31. The molecular weight excluding hydrogens is 376 g/mol. The summed E-state index contributed by atoms with van der Waals surface area (Å²) in [4.78, 5) is 31.1. The van der Waals surface area contributed by atoms with E-state index in [1.165, 1.54) is 22.5 Å². The maximum atomic E-state index is 12.2. The molecule has 0 fully saturated rings. The molecule has 2 N–H and O–H groups in total. The van der Waals surface area contributed by atoms with Gasteiger partial charge in [-0.1, -0.05) is 18.2 Å². The topological polar surface area (TPSA) is 87.5 Å². The van der Waals surface area contributed by atoms with Crippen LogP contribution in [-0.2, 0) is 11.3 Å². The molecule has 0 saturated heterocycles. The largest absolute Gasteiger partial charge is 0.443 e. The first kappa shape index (κ1) is 19.6. The van der Waals surface area contributed by atoms with Crippen LogP contribution in [0.1, 0.15) is 16.8 Å². The smallest absolute Gasteiger partial charge is 0.317 e. The number of benzene rings is 1. The van der Waals surface area contributed by atoms with E-state index in [1.807, 2.05) is 49.6 Å². The van der Waals surface area contributed by atoms with Gasteiger partial charge in [-0.15, -0.1) is 11.3 Å². The van der Waals surface area contributed by atoms with Crippen molar-refractivity contribution in [1.82, 2.24) is 15.2 Å². The first-order valence-corrected chi connectivity index (χ1v) is 9.64. The molecule has 2 aromatic heterocycles. The van der Waals surface area contributed by atoms with Crippen molar-refractivity contribution in [3.63, 3.8) is 0 Å². The van der Waals surface area contributed by atoms with Crippen molar-refractivity contribution in [1.29, 1.82) is 0 Å². The number of aromatic nitrogens is 1. The van der Waals surface area contributed by atoms with Crippen molar-refractivity contribution < 1.29 is 14.0 Å². The Morgan fingerprint density at radius 2 is 2.07 bits per heavy atom. The minimum Gasteiger partial charge on any atom is -0.443 e. The van der Waals surface area contributed by atoms with Gasteiger partial charge in [0.1, 0.15) is 12.8 Å². The number of aryl methyl sites for hydroxylation is 2. The third kappa shape index (κ3) is 4.98. The van der Waals surface area contributed by atoms with Crippen LogP contribution in [0.2, 0.25) is 0 Å². The van der Waals surface area contributed by atoms with Crippen LogP contribution in [-0.4, -0.2) is 35.4 Å². The molecule has 0 saturated carbocycles. The van der Waals surface area contributed by atoms with E-state index in [0.29, 0.717) is 11.6 Å². The van der Waals surface area contributed by atoms with Crippen LogP contribution >= 0.6 is 11.3 Å². The molecule has 2 heterocycles. The van der Waals surface area contributed by atoms with Crippen LogP contribution in [0.4, 0.5) is 10.5 Å². The van der Waals surface area contributed by atoms with Crippen LogP contribution in [0.5, 0.6) is 0 Å². The Kier molecular flexibility index (Phi) is 6.10. The summed E-state index contributed by atoms with van der Waals surface area (Å²) in [5.41, 5.74) is 3.40. The predicted octanol–water partition coefficient (Wildman–Crippen LogP) is 3.80. The van der Waals surface area contributed by atoms with Gasteiger partial charge in [0.05, 0.1) is 17.1 Å². The van der Waals surface area contributed by atoms with E-state index in [-0.39, 0.29) is 25.0 Å². The zero-order valence-corrected chi connectivity index (χ0v) is 16.8. The number of hydrogen-bond acceptors (Lipinski definition) is 5. The molecule has 3 aromatic rings. The number of carbonyl (C=O) groups is 2. The van der Waals surface area contributed by atoms with E-state index in [2.05, 4.69) is 15.6 Å². The number of amides is 3. The van der Waals surface area contributed by atoms with Crippen molar-refractivity contribution in [3.8, 4) is 10.8 Å². The number of carbonyl (C=O) groups excluding carboxylic acids is 2. The summed E-state index contributed by atoms with van der Waals surface area (Å²) in [7, 11) is 1.57. The van der Waals surface area contributed by atoms with Crippen molar-refractivity contribution in [2.75, 3.05) is 18.9 Å². The van der Waals surface area contributed by atoms with E-state index >= 15 is 0 Å². The van der Waals surface area contributed by atoms with Gasteiger partial charge in [0.25, 0.3) is 0 Å². The second-order valence-electron chi connectivity index (χ2n) is 6.50. The molecule has 0 atom stereocenters. The number of thiophene rings is 1. The molecule has 0 aliphatic carbocycles. The van der Waals surface area contributed by atoms with Crippen molar-refractivity contribution in [2.45, 2.75) is 20.4 Å². The highest BCUT2D eigenvalue weighted by Crippen LogP contribution is 2.23. The predicted molar refractivity (Wildman–Crippen MR) is 109 cm³/mol. The number of rotatable bonds is 6. The number of anilines is 1. The van der Waals surface area contributed by atoms with E-state index in [0.717, 1.165) is 21.7 Å². The molecule has 0 aliphatic heterocycles. The lowest BCUT2D eigenvalue weighted by atomic mass is 10.1. The van der Waals surface area contributed by atoms with Crippen molar-refractivity contribution in [3.05, 3.63) is 58.8 Å². The van der Waals surface area contributed by atoms with Gasteiger partial charge in [-0.05, 0) is 42.5 Å². The molecule has 7 nitrogen and oxygen atoms in total. The average Bonchev–Trinajstić information content (AvgIpc) is 3.33. The normalized spacial score (nSPS) is 10.5. The number of oxazole rings is 1. The Bertz CT molecular complexity index is 966. The second-order valence-corrected chi connectivity index (χ2v) is 7.45. The molecule has 28 heavy (non-hydrogen) atoms. The van der Waals surface area contributed by atoms with Gasteiger partial charge in [-0.2, -0.15) is 0 Å². The number of nitrogens with one attached hydrogen (secondary N) is 2. The number of urea groups is 1. The SMILES string of the molecule is Cc1ccc(C)c(NC(=O)CN(C)C(=O)NCc2coc(-c3cccs3)n2)c1. The maximum Gasteiger partial charge on any atom is 0.317 e. The minimum atomic E-state index is -0.364. The Labute approximate surface area is 167 Å². The molecule has 0 spiro atoms. The Morgan fingerprint density at radius 3 is 2.82 bits per heavy atom. The molecule has 3 rings (SSSR count). The Hall–Kier alpha value is -3.13. The molecular formula is C20H22N4O3S. The summed E-state index contributed by atoms with van der Waals surface area (Å²) in [6.07, 6.45) is 1.52. The monoisotopic (exact) mass is 398 g/mol. The van der Waals surface area contributed by atoms with Crippen molar-refractivity contribution >= 4 is 29.0 Å². The second kappa shape index (κ2) is 8.71. The summed E-state index contributed by atoms with van der Waals surface area (Å²) >= 11 is 1.53. The summed E-state index contributed by atoms with van der Waals surface area (Å²) < 4.78 is 5.42. The van der Waals surface area contributed by atoms with Crippen LogP contribution in [0, 0.1) is 13.8 Å². The zero-order chi connectivity index (χ0) is 20.1. The molecule has 1 aromatic carbocycles.